The first-order valence-corrected chi connectivity index (χ1v) is 9.18. The summed E-state index contributed by atoms with van der Waals surface area (Å²) in [7, 11) is 0. The lowest BCUT2D eigenvalue weighted by Crippen LogP contribution is -2.29. The molecule has 0 aliphatic heterocycles. The van der Waals surface area contributed by atoms with Crippen LogP contribution in [0.15, 0.2) is 29.9 Å². The fourth-order valence-corrected chi connectivity index (χ4v) is 3.73. The molecule has 3 aromatic rings. The van der Waals surface area contributed by atoms with Gasteiger partial charge in [-0.05, 0) is 37.0 Å². The molecule has 1 aromatic carbocycles. The van der Waals surface area contributed by atoms with Crippen molar-refractivity contribution in [3.05, 3.63) is 41.0 Å². The number of fused-ring (bicyclic) bond motifs is 1. The van der Waals surface area contributed by atoms with Gasteiger partial charge < -0.3 is 10.4 Å². The number of carboxylic acid groups (broad SMARTS) is 1. The molecule has 1 atom stereocenters. The van der Waals surface area contributed by atoms with Gasteiger partial charge in [-0.15, -0.1) is 11.3 Å². The molecular weight excluding hydrogens is 334 g/mol. The SMILES string of the molecule is CCCC(Nc1ncnc2scc(-c3ccc(C)c(C)c3)c12)C(=O)O. The lowest BCUT2D eigenvalue weighted by Gasteiger charge is -2.15. The summed E-state index contributed by atoms with van der Waals surface area (Å²) in [5.41, 5.74) is 4.59. The summed E-state index contributed by atoms with van der Waals surface area (Å²) >= 11 is 1.54. The van der Waals surface area contributed by atoms with E-state index in [-0.39, 0.29) is 0 Å². The molecule has 0 fully saturated rings. The predicted octanol–water partition coefficient (Wildman–Crippen LogP) is 4.64. The fraction of sp³-hybridized carbons (Fsp3) is 0.316. The molecule has 0 saturated heterocycles. The highest BCUT2D eigenvalue weighted by molar-refractivity contribution is 7.17. The third kappa shape index (κ3) is 3.49. The molecule has 2 aromatic heterocycles. The minimum absolute atomic E-state index is 0.546. The fourth-order valence-electron chi connectivity index (χ4n) is 2.82. The molecule has 0 aliphatic rings. The van der Waals surface area contributed by atoms with Gasteiger partial charge in [-0.1, -0.05) is 31.5 Å². The topological polar surface area (TPSA) is 75.1 Å². The molecule has 0 amide bonds. The van der Waals surface area contributed by atoms with Gasteiger partial charge in [0.1, 0.15) is 23.0 Å². The highest BCUT2D eigenvalue weighted by Gasteiger charge is 2.20. The third-order valence-electron chi connectivity index (χ3n) is 4.37. The lowest BCUT2D eigenvalue weighted by atomic mass is 10.0. The molecule has 5 nitrogen and oxygen atoms in total. The minimum Gasteiger partial charge on any atom is -0.480 e. The number of rotatable bonds is 6. The highest BCUT2D eigenvalue weighted by atomic mass is 32.1. The number of carbonyl (C=O) groups is 1. The Kier molecular flexibility index (Phi) is 4.99. The van der Waals surface area contributed by atoms with E-state index in [9.17, 15) is 9.90 Å². The van der Waals surface area contributed by atoms with Crippen molar-refractivity contribution in [2.75, 3.05) is 5.32 Å². The van der Waals surface area contributed by atoms with Crippen molar-refractivity contribution in [1.82, 2.24) is 9.97 Å². The zero-order chi connectivity index (χ0) is 18.0. The zero-order valence-electron chi connectivity index (χ0n) is 14.5. The van der Waals surface area contributed by atoms with Gasteiger partial charge in [-0.2, -0.15) is 0 Å². The first-order chi connectivity index (χ1) is 12.0. The molecule has 0 spiro atoms. The van der Waals surface area contributed by atoms with Crippen molar-refractivity contribution in [2.24, 2.45) is 0 Å². The number of nitrogens with one attached hydrogen (secondary N) is 1. The van der Waals surface area contributed by atoms with E-state index in [0.29, 0.717) is 12.2 Å². The summed E-state index contributed by atoms with van der Waals surface area (Å²) in [6, 6.07) is 5.67. The van der Waals surface area contributed by atoms with Crippen molar-refractivity contribution >= 4 is 33.3 Å². The van der Waals surface area contributed by atoms with Gasteiger partial charge >= 0.3 is 5.97 Å². The Morgan fingerprint density at radius 1 is 1.28 bits per heavy atom. The van der Waals surface area contributed by atoms with Gasteiger partial charge in [-0.25, -0.2) is 14.8 Å². The number of thiophene rings is 1. The third-order valence-corrected chi connectivity index (χ3v) is 5.26. The van der Waals surface area contributed by atoms with Crippen LogP contribution in [-0.4, -0.2) is 27.1 Å². The Morgan fingerprint density at radius 3 is 2.76 bits per heavy atom. The van der Waals surface area contributed by atoms with Gasteiger partial charge in [0.05, 0.1) is 5.39 Å². The van der Waals surface area contributed by atoms with Crippen LogP contribution in [0, 0.1) is 13.8 Å². The number of aryl methyl sites for hydroxylation is 2. The van der Waals surface area contributed by atoms with E-state index in [2.05, 4.69) is 52.7 Å². The smallest absolute Gasteiger partial charge is 0.326 e. The van der Waals surface area contributed by atoms with E-state index >= 15 is 0 Å². The van der Waals surface area contributed by atoms with Crippen LogP contribution < -0.4 is 5.32 Å². The van der Waals surface area contributed by atoms with Crippen molar-refractivity contribution < 1.29 is 9.90 Å². The first kappa shape index (κ1) is 17.4. The van der Waals surface area contributed by atoms with E-state index in [1.54, 1.807) is 11.3 Å². The maximum atomic E-state index is 11.5. The summed E-state index contributed by atoms with van der Waals surface area (Å²) in [5.74, 6) is -0.281. The van der Waals surface area contributed by atoms with Crippen molar-refractivity contribution in [3.8, 4) is 11.1 Å². The first-order valence-electron chi connectivity index (χ1n) is 8.30. The number of aromatic nitrogens is 2. The number of hydrogen-bond acceptors (Lipinski definition) is 5. The molecule has 2 heterocycles. The summed E-state index contributed by atoms with van der Waals surface area (Å²) in [6.07, 6.45) is 2.81. The number of nitrogens with zero attached hydrogens (tertiary/aromatic N) is 2. The predicted molar refractivity (Wildman–Crippen MR) is 102 cm³/mol. The molecule has 0 aliphatic carbocycles. The number of aliphatic carboxylic acids is 1. The molecule has 0 bridgehead atoms. The van der Waals surface area contributed by atoms with Crippen LogP contribution in [0.3, 0.4) is 0 Å². The van der Waals surface area contributed by atoms with Crippen molar-refractivity contribution in [3.63, 3.8) is 0 Å². The van der Waals surface area contributed by atoms with Crippen LogP contribution >= 0.6 is 11.3 Å². The van der Waals surface area contributed by atoms with Crippen LogP contribution in [0.1, 0.15) is 30.9 Å². The standard InChI is InChI=1S/C19H21N3O2S/c1-4-5-15(19(23)24)22-17-16-14(9-25-18(16)21-10-20-17)13-7-6-11(2)12(3)8-13/h6-10,15H,4-5H2,1-3H3,(H,23,24)(H,20,21,22). The monoisotopic (exact) mass is 355 g/mol. The molecule has 1 unspecified atom stereocenters. The number of hydrogen-bond donors (Lipinski definition) is 2. The quantitative estimate of drug-likeness (QED) is 0.674. The van der Waals surface area contributed by atoms with Crippen LogP contribution in [0.2, 0.25) is 0 Å². The average Bonchev–Trinajstić information content (AvgIpc) is 3.02. The molecule has 0 radical (unpaired) electrons. The van der Waals surface area contributed by atoms with Gasteiger partial charge in [-0.3, -0.25) is 0 Å². The summed E-state index contributed by atoms with van der Waals surface area (Å²) in [4.78, 5) is 21.0. The number of carboxylic acids is 1. The largest absolute Gasteiger partial charge is 0.480 e. The maximum absolute atomic E-state index is 11.5. The van der Waals surface area contributed by atoms with Gasteiger partial charge in [0.15, 0.2) is 0 Å². The van der Waals surface area contributed by atoms with Crippen LogP contribution in [-0.2, 0) is 4.79 Å². The van der Waals surface area contributed by atoms with Crippen LogP contribution in [0.4, 0.5) is 5.82 Å². The van der Waals surface area contributed by atoms with E-state index in [0.717, 1.165) is 27.8 Å². The molecule has 0 saturated carbocycles. The van der Waals surface area contributed by atoms with Crippen LogP contribution in [0.5, 0.6) is 0 Å². The molecule has 2 N–H and O–H groups in total. The van der Waals surface area contributed by atoms with E-state index < -0.39 is 12.0 Å². The second-order valence-corrected chi connectivity index (χ2v) is 7.03. The molecule has 3 rings (SSSR count). The molecule has 130 valence electrons. The lowest BCUT2D eigenvalue weighted by molar-refractivity contribution is -0.138. The van der Waals surface area contributed by atoms with Crippen molar-refractivity contribution in [1.29, 1.82) is 0 Å². The molecular formula is C19H21N3O2S. The van der Waals surface area contributed by atoms with Gasteiger partial charge in [0, 0.05) is 10.9 Å². The van der Waals surface area contributed by atoms with Crippen molar-refractivity contribution in [2.45, 2.75) is 39.7 Å². The summed E-state index contributed by atoms with van der Waals surface area (Å²) in [6.45, 7) is 6.15. The minimum atomic E-state index is -0.864. The van der Waals surface area contributed by atoms with Gasteiger partial charge in [0.25, 0.3) is 0 Å². The summed E-state index contributed by atoms with van der Waals surface area (Å²) < 4.78 is 0. The molecule has 6 heteroatoms. The average molecular weight is 355 g/mol. The Hall–Kier alpha value is -2.47. The van der Waals surface area contributed by atoms with E-state index in [4.69, 9.17) is 0 Å². The Bertz CT molecular complexity index is 920. The number of benzene rings is 1. The second-order valence-electron chi connectivity index (χ2n) is 6.17. The van der Waals surface area contributed by atoms with E-state index in [1.807, 2.05) is 6.92 Å². The van der Waals surface area contributed by atoms with Crippen LogP contribution in [0.25, 0.3) is 21.3 Å². The maximum Gasteiger partial charge on any atom is 0.326 e. The normalized spacial score (nSPS) is 12.3. The number of anilines is 1. The Morgan fingerprint density at radius 2 is 2.08 bits per heavy atom. The van der Waals surface area contributed by atoms with Gasteiger partial charge in [0.2, 0.25) is 0 Å². The van der Waals surface area contributed by atoms with E-state index in [1.165, 1.54) is 17.5 Å². The molecule has 25 heavy (non-hydrogen) atoms. The highest BCUT2D eigenvalue weighted by Crippen LogP contribution is 2.37. The summed E-state index contributed by atoms with van der Waals surface area (Å²) in [5, 5.41) is 15.5. The Balaban J connectivity index is 2.09. The Labute approximate surface area is 150 Å². The zero-order valence-corrected chi connectivity index (χ0v) is 15.4. The second kappa shape index (κ2) is 7.19.